The monoisotopic (exact) mass is 754 g/mol. The van der Waals surface area contributed by atoms with Crippen LogP contribution in [0, 0.1) is 5.92 Å². The zero-order valence-corrected chi connectivity index (χ0v) is 32.3. The Morgan fingerprint density at radius 2 is 1.98 bits per heavy atom. The summed E-state index contributed by atoms with van der Waals surface area (Å²) in [6.45, 7) is 11.7. The minimum absolute atomic E-state index is 0.0171. The molecule has 3 atom stereocenters. The number of aliphatic hydroxyl groups is 1. The number of carbonyl (C=O) groups excluding carboxylic acids is 4. The summed E-state index contributed by atoms with van der Waals surface area (Å²) in [5, 5.41) is 17.6. The van der Waals surface area contributed by atoms with E-state index in [1.165, 1.54) is 0 Å². The Balaban J connectivity index is 1.34. The number of hydrogen-bond acceptors (Lipinski definition) is 11. The highest BCUT2D eigenvalue weighted by Gasteiger charge is 2.46. The topological polar surface area (TPSA) is 183 Å². The van der Waals surface area contributed by atoms with Crippen LogP contribution in [0.15, 0.2) is 35.4 Å². The molecule has 4 heterocycles. The molecular formula is C38H51N4O10P. The van der Waals surface area contributed by atoms with Gasteiger partial charge in [-0.25, -0.2) is 24.2 Å². The van der Waals surface area contributed by atoms with E-state index >= 15 is 0 Å². The zero-order chi connectivity index (χ0) is 38.6. The largest absolute Gasteiger partial charge is 0.459 e. The van der Waals surface area contributed by atoms with E-state index in [0.29, 0.717) is 66.8 Å². The van der Waals surface area contributed by atoms with Gasteiger partial charge in [0.2, 0.25) is 5.91 Å². The smallest absolute Gasteiger partial charge is 0.458 e. The lowest BCUT2D eigenvalue weighted by Crippen LogP contribution is -2.46. The number of aryl methyl sites for hydroxylation is 1. The minimum atomic E-state index is -3.93. The Hall–Kier alpha value is -4.10. The van der Waals surface area contributed by atoms with Crippen LogP contribution < -0.4 is 14.9 Å². The van der Waals surface area contributed by atoms with Gasteiger partial charge in [-0.05, 0) is 94.2 Å². The Bertz CT molecular complexity index is 1870. The minimum Gasteiger partial charge on any atom is -0.459 e. The van der Waals surface area contributed by atoms with Gasteiger partial charge in [0.1, 0.15) is 24.2 Å². The Morgan fingerprint density at radius 1 is 1.21 bits per heavy atom. The third kappa shape index (κ3) is 9.17. The van der Waals surface area contributed by atoms with Crippen LogP contribution in [0.4, 0.5) is 4.79 Å². The zero-order valence-electron chi connectivity index (χ0n) is 31.4. The van der Waals surface area contributed by atoms with E-state index in [1.807, 2.05) is 13.0 Å². The number of amides is 2. The molecular weight excluding hydrogens is 703 g/mol. The predicted molar refractivity (Wildman–Crippen MR) is 198 cm³/mol. The van der Waals surface area contributed by atoms with Crippen LogP contribution in [-0.2, 0) is 45.9 Å². The molecule has 5 rings (SSSR count). The molecule has 2 aromatic rings. The fourth-order valence-electron chi connectivity index (χ4n) is 6.71. The number of carbonyl (C=O) groups is 4. The summed E-state index contributed by atoms with van der Waals surface area (Å²) in [7, 11) is -3.93. The van der Waals surface area contributed by atoms with Gasteiger partial charge in [0.25, 0.3) is 0 Å². The number of esters is 1. The van der Waals surface area contributed by atoms with Gasteiger partial charge in [0.05, 0.1) is 36.5 Å². The van der Waals surface area contributed by atoms with E-state index in [1.54, 1.807) is 57.7 Å². The second kappa shape index (κ2) is 16.5. The highest BCUT2D eigenvalue weighted by atomic mass is 31.2. The van der Waals surface area contributed by atoms with E-state index in [2.05, 4.69) is 10.4 Å². The van der Waals surface area contributed by atoms with Gasteiger partial charge in [-0.2, -0.15) is 0 Å². The first-order valence-electron chi connectivity index (χ1n) is 18.3. The summed E-state index contributed by atoms with van der Waals surface area (Å²) < 4.78 is 36.3. The number of rotatable bonds is 15. The molecule has 1 aromatic carbocycles. The van der Waals surface area contributed by atoms with Crippen molar-refractivity contribution in [1.29, 1.82) is 0 Å². The molecule has 14 nitrogen and oxygen atoms in total. The Kier molecular flexibility index (Phi) is 12.5. The summed E-state index contributed by atoms with van der Waals surface area (Å²) in [5.74, 6) is -1.03. The molecule has 0 saturated heterocycles. The molecule has 0 aliphatic carbocycles. The molecule has 3 N–H and O–H groups in total. The summed E-state index contributed by atoms with van der Waals surface area (Å²) in [5.41, 5.74) is 2.57. The van der Waals surface area contributed by atoms with Gasteiger partial charge in [-0.3, -0.25) is 9.32 Å². The van der Waals surface area contributed by atoms with Crippen LogP contribution in [0.5, 0.6) is 5.75 Å². The first-order chi connectivity index (χ1) is 25.1. The summed E-state index contributed by atoms with van der Waals surface area (Å²) in [6.07, 6.45) is 5.07. The molecule has 0 saturated carbocycles. The van der Waals surface area contributed by atoms with Gasteiger partial charge in [-0.1, -0.05) is 26.8 Å². The molecule has 53 heavy (non-hydrogen) atoms. The summed E-state index contributed by atoms with van der Waals surface area (Å²) in [4.78, 5) is 56.2. The average molecular weight is 755 g/mol. The first-order valence-corrected chi connectivity index (χ1v) is 19.8. The lowest BCUT2D eigenvalue weighted by molar-refractivity contribution is -0.163. The van der Waals surface area contributed by atoms with Crippen LogP contribution in [0.1, 0.15) is 96.9 Å². The number of cyclic esters (lactones) is 1. The van der Waals surface area contributed by atoms with Gasteiger partial charge in [-0.15, -0.1) is 0 Å². The van der Waals surface area contributed by atoms with Crippen molar-refractivity contribution < 1.29 is 47.4 Å². The fourth-order valence-corrected chi connectivity index (χ4v) is 8.19. The molecule has 2 unspecified atom stereocenters. The Morgan fingerprint density at radius 3 is 2.68 bits per heavy atom. The molecule has 288 valence electrons. The van der Waals surface area contributed by atoms with Crippen molar-refractivity contribution in [1.82, 2.24) is 20.3 Å². The number of ether oxygens (including phenoxy) is 2. The van der Waals surface area contributed by atoms with Gasteiger partial charge in [0.15, 0.2) is 5.60 Å². The van der Waals surface area contributed by atoms with Crippen molar-refractivity contribution in [2.75, 3.05) is 26.3 Å². The van der Waals surface area contributed by atoms with Crippen molar-refractivity contribution in [3.63, 3.8) is 0 Å². The van der Waals surface area contributed by atoms with Gasteiger partial charge >= 0.3 is 19.8 Å². The van der Waals surface area contributed by atoms with Crippen LogP contribution in [-0.4, -0.2) is 76.8 Å². The SMILES string of the molecule is CCc1c2c(nc3ccc(OP(=O)(NCC(C)C=O)OCCCCCNC(=O)OC(C)(C)C)cc13)/C1=C/CC3=C(COC(=O)[C@]3(O)CC)CC(=O)N1C2. The molecule has 0 radical (unpaired) electrons. The second-order valence-electron chi connectivity index (χ2n) is 14.7. The third-order valence-corrected chi connectivity index (χ3v) is 11.1. The maximum atomic E-state index is 14.0. The number of fused-ring (bicyclic) bond motifs is 4. The van der Waals surface area contributed by atoms with Gasteiger partial charge in [0, 0.05) is 30.0 Å². The van der Waals surface area contributed by atoms with Crippen LogP contribution in [0.25, 0.3) is 16.6 Å². The average Bonchev–Trinajstić information content (AvgIpc) is 3.46. The second-order valence-corrected chi connectivity index (χ2v) is 16.4. The van der Waals surface area contributed by atoms with Crippen molar-refractivity contribution in [2.24, 2.45) is 5.92 Å². The number of unbranched alkanes of at least 4 members (excludes halogenated alkanes) is 2. The van der Waals surface area contributed by atoms with Crippen LogP contribution >= 0.6 is 7.75 Å². The summed E-state index contributed by atoms with van der Waals surface area (Å²) >= 11 is 0. The quantitative estimate of drug-likeness (QED) is 0.0646. The number of aromatic nitrogens is 1. The highest BCUT2D eigenvalue weighted by molar-refractivity contribution is 7.52. The third-order valence-electron chi connectivity index (χ3n) is 9.51. The van der Waals surface area contributed by atoms with Crippen molar-refractivity contribution in [2.45, 2.75) is 104 Å². The number of pyridine rings is 1. The van der Waals surface area contributed by atoms with Crippen molar-refractivity contribution in [3.05, 3.63) is 52.2 Å². The maximum Gasteiger partial charge on any atom is 0.458 e. The van der Waals surface area contributed by atoms with Crippen LogP contribution in [0.3, 0.4) is 0 Å². The standard InChI is InChI=1S/C38H51N4O10P/c1-7-27-28-19-26(52-53(48,40-20-24(3)22-43)50-17-11-9-10-16-39-36(46)51-37(4,5)6)12-14-31(28)41-34-29(27)21-42-32(34)15-13-30-25(18-33(42)44)23-49-35(45)38(30,47)8-2/h12,14-15,19,22,24,47H,7-11,13,16-18,20-21,23H2,1-6H3,(H,39,46)(H,40,48)/b32-15-/t24?,38-,53?/m0/s1. The van der Waals surface area contributed by atoms with Crippen molar-refractivity contribution in [3.8, 4) is 5.75 Å². The normalized spacial score (nSPS) is 21.3. The molecule has 15 heteroatoms. The molecule has 2 amide bonds. The molecule has 0 spiro atoms. The predicted octanol–water partition coefficient (Wildman–Crippen LogP) is 5.89. The number of aldehydes is 1. The molecule has 0 bridgehead atoms. The first kappa shape index (κ1) is 40.1. The molecule has 0 fully saturated rings. The highest BCUT2D eigenvalue weighted by Crippen LogP contribution is 2.47. The number of nitrogens with one attached hydrogen (secondary N) is 2. The number of benzene rings is 1. The van der Waals surface area contributed by atoms with E-state index in [9.17, 15) is 28.8 Å². The molecule has 3 aliphatic heterocycles. The Labute approximate surface area is 310 Å². The van der Waals surface area contributed by atoms with E-state index in [0.717, 1.165) is 22.8 Å². The van der Waals surface area contributed by atoms with Crippen LogP contribution in [0.2, 0.25) is 0 Å². The van der Waals surface area contributed by atoms with E-state index in [4.69, 9.17) is 23.5 Å². The maximum absolute atomic E-state index is 14.0. The van der Waals surface area contributed by atoms with E-state index in [-0.39, 0.29) is 50.7 Å². The summed E-state index contributed by atoms with van der Waals surface area (Å²) in [6, 6.07) is 5.18. The lowest BCUT2D eigenvalue weighted by Gasteiger charge is -2.35. The van der Waals surface area contributed by atoms with Gasteiger partial charge < -0.3 is 34.1 Å². The number of hydrogen-bond donors (Lipinski definition) is 3. The number of alkyl carbamates (subject to hydrolysis) is 1. The van der Waals surface area contributed by atoms with E-state index < -0.39 is 36.9 Å². The number of allylic oxidation sites excluding steroid dienone is 1. The fraction of sp³-hybridized carbons (Fsp3) is 0.553. The lowest BCUT2D eigenvalue weighted by atomic mass is 9.81. The van der Waals surface area contributed by atoms with Crippen molar-refractivity contribution >= 4 is 48.6 Å². The molecule has 1 aromatic heterocycles. The molecule has 3 aliphatic rings. The number of nitrogens with zero attached hydrogens (tertiary/aromatic N) is 2.